The fraction of sp³-hybridized carbons (Fsp3) is 0.615. The monoisotopic (exact) mass is 222 g/mol. The molecule has 0 aliphatic rings. The number of rotatable bonds is 6. The zero-order valence-electron chi connectivity index (χ0n) is 10.4. The van der Waals surface area contributed by atoms with E-state index < -0.39 is 0 Å². The van der Waals surface area contributed by atoms with Crippen LogP contribution in [-0.2, 0) is 0 Å². The molecule has 0 saturated carbocycles. The maximum atomic E-state index is 9.32. The summed E-state index contributed by atoms with van der Waals surface area (Å²) in [6, 6.07) is 4.32. The van der Waals surface area contributed by atoms with Crippen LogP contribution in [0, 0.1) is 5.41 Å². The molecule has 0 aliphatic carbocycles. The Balaban J connectivity index is 2.50. The highest BCUT2D eigenvalue weighted by atomic mass is 16.3. The molecule has 1 rings (SSSR count). The number of hydrogen-bond donors (Lipinski definition) is 2. The Bertz CT molecular complexity index is 296. The van der Waals surface area contributed by atoms with Crippen LogP contribution >= 0.6 is 0 Å². The van der Waals surface area contributed by atoms with Crippen molar-refractivity contribution >= 4 is 0 Å². The maximum Gasteiger partial charge on any atom is 0.0496 e. The predicted octanol–water partition coefficient (Wildman–Crippen LogP) is 2.14. The molecule has 3 heteroatoms. The average molecular weight is 222 g/mol. The lowest BCUT2D eigenvalue weighted by molar-refractivity contribution is 0.132. The molecule has 0 bridgehead atoms. The third-order valence-corrected chi connectivity index (χ3v) is 3.28. The largest absolute Gasteiger partial charge is 0.396 e. The van der Waals surface area contributed by atoms with Gasteiger partial charge in [0, 0.05) is 37.0 Å². The van der Waals surface area contributed by atoms with Crippen molar-refractivity contribution in [2.24, 2.45) is 5.41 Å². The molecule has 3 nitrogen and oxygen atoms in total. The number of pyridine rings is 1. The summed E-state index contributed by atoms with van der Waals surface area (Å²) in [5, 5.41) is 12.8. The van der Waals surface area contributed by atoms with Crippen molar-refractivity contribution in [3.05, 3.63) is 30.1 Å². The second kappa shape index (κ2) is 5.97. The van der Waals surface area contributed by atoms with Gasteiger partial charge < -0.3 is 10.4 Å². The van der Waals surface area contributed by atoms with E-state index in [0.717, 1.165) is 13.0 Å². The Morgan fingerprint density at radius 2 is 2.06 bits per heavy atom. The van der Waals surface area contributed by atoms with Crippen LogP contribution < -0.4 is 5.32 Å². The van der Waals surface area contributed by atoms with Gasteiger partial charge in [0.05, 0.1) is 0 Å². The third kappa shape index (κ3) is 3.58. The molecule has 1 heterocycles. The molecule has 0 radical (unpaired) electrons. The maximum absolute atomic E-state index is 9.32. The summed E-state index contributed by atoms with van der Waals surface area (Å²) in [6.45, 7) is 7.38. The second-order valence-electron chi connectivity index (χ2n) is 4.71. The highest BCUT2D eigenvalue weighted by Crippen LogP contribution is 2.20. The van der Waals surface area contributed by atoms with Gasteiger partial charge in [0.2, 0.25) is 0 Å². The number of hydrogen-bond acceptors (Lipinski definition) is 3. The highest BCUT2D eigenvalue weighted by molar-refractivity contribution is 5.13. The molecule has 2 atom stereocenters. The minimum absolute atomic E-state index is 0.0265. The van der Waals surface area contributed by atoms with Gasteiger partial charge in [0.1, 0.15) is 0 Å². The molecule has 0 aliphatic heterocycles. The van der Waals surface area contributed by atoms with Gasteiger partial charge in [-0.15, -0.1) is 0 Å². The van der Waals surface area contributed by atoms with E-state index in [1.54, 1.807) is 12.4 Å². The summed E-state index contributed by atoms with van der Waals surface area (Å²) in [6.07, 6.45) is 4.58. The second-order valence-corrected chi connectivity index (χ2v) is 4.71. The van der Waals surface area contributed by atoms with Gasteiger partial charge in [0.25, 0.3) is 0 Å². The molecule has 90 valence electrons. The zero-order valence-corrected chi connectivity index (χ0v) is 10.4. The van der Waals surface area contributed by atoms with Crippen molar-refractivity contribution < 1.29 is 5.11 Å². The summed E-state index contributed by atoms with van der Waals surface area (Å²) < 4.78 is 0. The molecular formula is C13H22N2O. The first kappa shape index (κ1) is 13.1. The van der Waals surface area contributed by atoms with Crippen LogP contribution in [0.1, 0.15) is 38.8 Å². The SMILES string of the molecule is CCC(C)(CO)CN[C@H](C)c1ccncc1. The van der Waals surface area contributed by atoms with Crippen LogP contribution in [0.25, 0.3) is 0 Å². The van der Waals surface area contributed by atoms with Crippen molar-refractivity contribution in [1.29, 1.82) is 0 Å². The smallest absolute Gasteiger partial charge is 0.0496 e. The summed E-state index contributed by atoms with van der Waals surface area (Å²) >= 11 is 0. The minimum atomic E-state index is -0.0265. The van der Waals surface area contributed by atoms with Crippen LogP contribution in [0.2, 0.25) is 0 Å². The third-order valence-electron chi connectivity index (χ3n) is 3.28. The van der Waals surface area contributed by atoms with Crippen LogP contribution in [0.15, 0.2) is 24.5 Å². The van der Waals surface area contributed by atoms with E-state index in [1.165, 1.54) is 5.56 Å². The van der Waals surface area contributed by atoms with E-state index in [4.69, 9.17) is 0 Å². The molecule has 0 fully saturated rings. The molecule has 2 N–H and O–H groups in total. The van der Waals surface area contributed by atoms with Gasteiger partial charge >= 0.3 is 0 Å². The Morgan fingerprint density at radius 3 is 2.56 bits per heavy atom. The lowest BCUT2D eigenvalue weighted by Gasteiger charge is -2.28. The van der Waals surface area contributed by atoms with Crippen molar-refractivity contribution in [3.8, 4) is 0 Å². The van der Waals surface area contributed by atoms with Gasteiger partial charge in [-0.25, -0.2) is 0 Å². The van der Waals surface area contributed by atoms with Gasteiger partial charge in [-0.05, 0) is 31.0 Å². The van der Waals surface area contributed by atoms with Gasteiger partial charge in [0.15, 0.2) is 0 Å². The summed E-state index contributed by atoms with van der Waals surface area (Å²) in [4.78, 5) is 4.00. The lowest BCUT2D eigenvalue weighted by Crippen LogP contribution is -2.35. The van der Waals surface area contributed by atoms with Crippen LogP contribution in [0.5, 0.6) is 0 Å². The fourth-order valence-electron chi connectivity index (χ4n) is 1.46. The molecule has 1 aromatic rings. The Hall–Kier alpha value is -0.930. The summed E-state index contributed by atoms with van der Waals surface area (Å²) in [7, 11) is 0. The van der Waals surface area contributed by atoms with E-state index in [0.29, 0.717) is 6.04 Å². The Morgan fingerprint density at radius 1 is 1.44 bits per heavy atom. The highest BCUT2D eigenvalue weighted by Gasteiger charge is 2.21. The van der Waals surface area contributed by atoms with Crippen molar-refractivity contribution in [2.75, 3.05) is 13.2 Å². The zero-order chi connectivity index (χ0) is 12.0. The van der Waals surface area contributed by atoms with Crippen molar-refractivity contribution in [3.63, 3.8) is 0 Å². The summed E-state index contributed by atoms with van der Waals surface area (Å²) in [5.74, 6) is 0. The number of aliphatic hydroxyl groups excluding tert-OH is 1. The Kier molecular flexibility index (Phi) is 4.90. The number of nitrogens with zero attached hydrogens (tertiary/aromatic N) is 1. The molecule has 0 amide bonds. The molecule has 1 unspecified atom stereocenters. The number of aromatic nitrogens is 1. The first-order valence-corrected chi connectivity index (χ1v) is 5.85. The molecule has 0 spiro atoms. The molecule has 16 heavy (non-hydrogen) atoms. The molecule has 0 aromatic carbocycles. The minimum Gasteiger partial charge on any atom is -0.396 e. The standard InChI is InChI=1S/C13H22N2O/c1-4-13(3,10-16)9-15-11(2)12-5-7-14-8-6-12/h5-8,11,15-16H,4,9-10H2,1-3H3/t11-,13?/m1/s1. The van der Waals surface area contributed by atoms with E-state index >= 15 is 0 Å². The predicted molar refractivity (Wildman–Crippen MR) is 66.1 cm³/mol. The van der Waals surface area contributed by atoms with Gasteiger partial charge in [-0.1, -0.05) is 13.8 Å². The molecule has 0 saturated heterocycles. The van der Waals surface area contributed by atoms with E-state index in [-0.39, 0.29) is 12.0 Å². The van der Waals surface area contributed by atoms with Crippen molar-refractivity contribution in [2.45, 2.75) is 33.2 Å². The molecular weight excluding hydrogens is 200 g/mol. The van der Waals surface area contributed by atoms with Crippen LogP contribution in [0.3, 0.4) is 0 Å². The number of nitrogens with one attached hydrogen (secondary N) is 1. The van der Waals surface area contributed by atoms with Crippen molar-refractivity contribution in [1.82, 2.24) is 10.3 Å². The Labute approximate surface area is 97.9 Å². The summed E-state index contributed by atoms with van der Waals surface area (Å²) in [5.41, 5.74) is 1.20. The van der Waals surface area contributed by atoms with Gasteiger partial charge in [-0.2, -0.15) is 0 Å². The number of aliphatic hydroxyl groups is 1. The fourth-order valence-corrected chi connectivity index (χ4v) is 1.46. The van der Waals surface area contributed by atoms with Crippen LogP contribution in [0.4, 0.5) is 0 Å². The molecule has 1 aromatic heterocycles. The first-order valence-electron chi connectivity index (χ1n) is 5.85. The quantitative estimate of drug-likeness (QED) is 0.775. The first-order chi connectivity index (χ1) is 7.61. The van der Waals surface area contributed by atoms with E-state index in [9.17, 15) is 5.11 Å². The normalized spacial score (nSPS) is 16.8. The van der Waals surface area contributed by atoms with E-state index in [2.05, 4.69) is 31.1 Å². The topological polar surface area (TPSA) is 45.1 Å². The average Bonchev–Trinajstić information content (AvgIpc) is 2.36. The van der Waals surface area contributed by atoms with Crippen LogP contribution in [-0.4, -0.2) is 23.2 Å². The van der Waals surface area contributed by atoms with E-state index in [1.807, 2.05) is 12.1 Å². The lowest BCUT2D eigenvalue weighted by atomic mass is 9.88. The van der Waals surface area contributed by atoms with Gasteiger partial charge in [-0.3, -0.25) is 4.98 Å².